The number of nitrogens with zero attached hydrogens (tertiary/aromatic N) is 3. The number of aryl methyl sites for hydroxylation is 1. The fourth-order valence-electron chi connectivity index (χ4n) is 2.33. The van der Waals surface area contributed by atoms with E-state index in [2.05, 4.69) is 16.0 Å². The molecule has 0 amide bonds. The van der Waals surface area contributed by atoms with Gasteiger partial charge in [0.05, 0.1) is 11.2 Å². The molecule has 0 bridgehead atoms. The molecule has 3 rings (SSSR count). The van der Waals surface area contributed by atoms with E-state index >= 15 is 0 Å². The van der Waals surface area contributed by atoms with Crippen LogP contribution in [0.25, 0.3) is 5.82 Å². The normalized spacial score (nSPS) is 20.0. The molecule has 0 N–H and O–H groups in total. The summed E-state index contributed by atoms with van der Waals surface area (Å²) in [6.45, 7) is 10.2. The van der Waals surface area contributed by atoms with E-state index in [9.17, 15) is 0 Å². The average Bonchev–Trinajstić information content (AvgIpc) is 2.97. The van der Waals surface area contributed by atoms with Crippen LogP contribution in [-0.2, 0) is 9.31 Å². The first-order chi connectivity index (χ1) is 9.80. The molecule has 0 radical (unpaired) electrons. The highest BCUT2D eigenvalue weighted by atomic mass is 16.7. The zero-order valence-corrected chi connectivity index (χ0v) is 13.1. The van der Waals surface area contributed by atoms with E-state index in [0.717, 1.165) is 16.8 Å². The summed E-state index contributed by atoms with van der Waals surface area (Å²) >= 11 is 0. The number of rotatable bonds is 2. The molecule has 0 aliphatic carbocycles. The van der Waals surface area contributed by atoms with Crippen LogP contribution in [0, 0.1) is 6.92 Å². The van der Waals surface area contributed by atoms with Gasteiger partial charge in [-0.05, 0) is 40.2 Å². The van der Waals surface area contributed by atoms with Crippen molar-refractivity contribution in [1.82, 2.24) is 14.5 Å². The molecule has 2 aromatic rings. The zero-order chi connectivity index (χ0) is 15.3. The van der Waals surface area contributed by atoms with Gasteiger partial charge in [-0.25, -0.2) is 9.97 Å². The second-order valence-corrected chi connectivity index (χ2v) is 6.48. The molecule has 1 fully saturated rings. The molecule has 1 saturated heterocycles. The van der Waals surface area contributed by atoms with Crippen molar-refractivity contribution < 1.29 is 9.31 Å². The number of hydrogen-bond acceptors (Lipinski definition) is 4. The Balaban J connectivity index is 2.05. The molecule has 3 heterocycles. The van der Waals surface area contributed by atoms with Gasteiger partial charge in [-0.3, -0.25) is 4.57 Å². The first kappa shape index (κ1) is 14.3. The van der Waals surface area contributed by atoms with E-state index in [1.807, 2.05) is 51.6 Å². The first-order valence-corrected chi connectivity index (χ1v) is 7.11. The number of pyridine rings is 1. The lowest BCUT2D eigenvalue weighted by molar-refractivity contribution is 0.00578. The Bertz CT molecular complexity index is 637. The lowest BCUT2D eigenvalue weighted by Gasteiger charge is -2.32. The van der Waals surface area contributed by atoms with Crippen LogP contribution in [-0.4, -0.2) is 32.9 Å². The number of aromatic nitrogens is 3. The molecule has 5 nitrogen and oxygen atoms in total. The summed E-state index contributed by atoms with van der Waals surface area (Å²) in [5.41, 5.74) is 1.26. The largest absolute Gasteiger partial charge is 0.498 e. The first-order valence-electron chi connectivity index (χ1n) is 7.11. The smallest absolute Gasteiger partial charge is 0.399 e. The predicted molar refractivity (Wildman–Crippen MR) is 81.8 cm³/mol. The third kappa shape index (κ3) is 2.38. The summed E-state index contributed by atoms with van der Waals surface area (Å²) in [5.74, 6) is 0.789. The van der Waals surface area contributed by atoms with Crippen LogP contribution in [0.5, 0.6) is 0 Å². The third-order valence-corrected chi connectivity index (χ3v) is 4.29. The standard InChI is InChI=1S/C15H20BN3O2/c1-11-8-12(13(18-9-11)19-7-6-17-10-19)16-20-14(2,3)15(4,5)21-16/h6-10H,1-5H3. The molecule has 21 heavy (non-hydrogen) atoms. The Kier molecular flexibility index (Phi) is 3.18. The van der Waals surface area contributed by atoms with E-state index < -0.39 is 7.12 Å². The Morgan fingerprint density at radius 1 is 1.14 bits per heavy atom. The summed E-state index contributed by atoms with van der Waals surface area (Å²) in [6, 6.07) is 2.06. The lowest BCUT2D eigenvalue weighted by atomic mass is 9.78. The van der Waals surface area contributed by atoms with Gasteiger partial charge in [0.15, 0.2) is 0 Å². The maximum absolute atomic E-state index is 6.15. The van der Waals surface area contributed by atoms with Crippen molar-refractivity contribution in [3.63, 3.8) is 0 Å². The van der Waals surface area contributed by atoms with Crippen LogP contribution in [0.4, 0.5) is 0 Å². The monoisotopic (exact) mass is 285 g/mol. The zero-order valence-electron chi connectivity index (χ0n) is 13.1. The summed E-state index contributed by atoms with van der Waals surface area (Å²) in [4.78, 5) is 8.61. The van der Waals surface area contributed by atoms with Crippen LogP contribution in [0.3, 0.4) is 0 Å². The molecular weight excluding hydrogens is 265 g/mol. The molecular formula is C15H20BN3O2. The van der Waals surface area contributed by atoms with Crippen molar-refractivity contribution in [3.05, 3.63) is 36.5 Å². The van der Waals surface area contributed by atoms with E-state index in [-0.39, 0.29) is 11.2 Å². The SMILES string of the molecule is Cc1cnc(-n2ccnc2)c(B2OC(C)(C)C(C)(C)O2)c1. The van der Waals surface area contributed by atoms with Crippen LogP contribution in [0.15, 0.2) is 31.0 Å². The minimum atomic E-state index is -0.431. The molecule has 6 heteroatoms. The molecule has 0 aromatic carbocycles. The van der Waals surface area contributed by atoms with Crippen LogP contribution >= 0.6 is 0 Å². The maximum atomic E-state index is 6.15. The van der Waals surface area contributed by atoms with Crippen LogP contribution in [0.1, 0.15) is 33.3 Å². The second kappa shape index (κ2) is 4.68. The Hall–Kier alpha value is -1.66. The molecule has 0 atom stereocenters. The molecule has 0 unspecified atom stereocenters. The van der Waals surface area contributed by atoms with Gasteiger partial charge >= 0.3 is 7.12 Å². The minimum absolute atomic E-state index is 0.367. The fraction of sp³-hybridized carbons (Fsp3) is 0.467. The van der Waals surface area contributed by atoms with E-state index in [1.165, 1.54) is 0 Å². The minimum Gasteiger partial charge on any atom is -0.399 e. The van der Waals surface area contributed by atoms with Gasteiger partial charge < -0.3 is 9.31 Å². The highest BCUT2D eigenvalue weighted by Crippen LogP contribution is 2.36. The molecule has 2 aromatic heterocycles. The van der Waals surface area contributed by atoms with E-state index in [0.29, 0.717) is 0 Å². The summed E-state index contributed by atoms with van der Waals surface area (Å²) in [7, 11) is -0.431. The predicted octanol–water partition coefficient (Wildman–Crippen LogP) is 1.87. The topological polar surface area (TPSA) is 49.2 Å². The Labute approximate surface area is 125 Å². The van der Waals surface area contributed by atoms with Gasteiger partial charge in [0, 0.05) is 24.1 Å². The highest BCUT2D eigenvalue weighted by molar-refractivity contribution is 6.63. The van der Waals surface area contributed by atoms with Crippen molar-refractivity contribution >= 4 is 12.6 Å². The molecule has 110 valence electrons. The highest BCUT2D eigenvalue weighted by Gasteiger charge is 2.52. The maximum Gasteiger partial charge on any atom is 0.498 e. The van der Waals surface area contributed by atoms with Crippen LogP contribution < -0.4 is 5.46 Å². The third-order valence-electron chi connectivity index (χ3n) is 4.29. The van der Waals surface area contributed by atoms with Crippen molar-refractivity contribution in [1.29, 1.82) is 0 Å². The number of imidazole rings is 1. The lowest BCUT2D eigenvalue weighted by Crippen LogP contribution is -2.41. The second-order valence-electron chi connectivity index (χ2n) is 6.48. The van der Waals surface area contributed by atoms with Gasteiger partial charge in [0.25, 0.3) is 0 Å². The Morgan fingerprint density at radius 2 is 1.81 bits per heavy atom. The Morgan fingerprint density at radius 3 is 2.38 bits per heavy atom. The van der Waals surface area contributed by atoms with E-state index in [4.69, 9.17) is 9.31 Å². The van der Waals surface area contributed by atoms with Crippen molar-refractivity contribution in [2.75, 3.05) is 0 Å². The van der Waals surface area contributed by atoms with Crippen molar-refractivity contribution in [3.8, 4) is 5.82 Å². The molecule has 1 aliphatic rings. The van der Waals surface area contributed by atoms with Gasteiger partial charge in [-0.1, -0.05) is 6.07 Å². The van der Waals surface area contributed by atoms with Gasteiger partial charge in [-0.2, -0.15) is 0 Å². The molecule has 1 aliphatic heterocycles. The van der Waals surface area contributed by atoms with Gasteiger partial charge in [-0.15, -0.1) is 0 Å². The van der Waals surface area contributed by atoms with Gasteiger partial charge in [0.2, 0.25) is 0 Å². The van der Waals surface area contributed by atoms with E-state index in [1.54, 1.807) is 12.5 Å². The van der Waals surface area contributed by atoms with Gasteiger partial charge in [0.1, 0.15) is 12.1 Å². The molecule has 0 saturated carbocycles. The van der Waals surface area contributed by atoms with Crippen molar-refractivity contribution in [2.45, 2.75) is 45.8 Å². The summed E-state index contributed by atoms with van der Waals surface area (Å²) < 4.78 is 14.2. The average molecular weight is 285 g/mol. The summed E-state index contributed by atoms with van der Waals surface area (Å²) in [6.07, 6.45) is 7.17. The molecule has 0 spiro atoms. The van der Waals surface area contributed by atoms with Crippen molar-refractivity contribution in [2.24, 2.45) is 0 Å². The van der Waals surface area contributed by atoms with Crippen LogP contribution in [0.2, 0.25) is 0 Å². The number of hydrogen-bond donors (Lipinski definition) is 0. The quantitative estimate of drug-likeness (QED) is 0.790. The summed E-state index contributed by atoms with van der Waals surface area (Å²) in [5, 5.41) is 0. The fourth-order valence-corrected chi connectivity index (χ4v) is 2.33.